The first-order valence-electron chi connectivity index (χ1n) is 6.88. The van der Waals surface area contributed by atoms with E-state index in [0.717, 1.165) is 25.3 Å². The highest BCUT2D eigenvalue weighted by molar-refractivity contribution is 5.95. The molecule has 0 aliphatic carbocycles. The lowest BCUT2D eigenvalue weighted by Crippen LogP contribution is -2.33. The molecule has 0 radical (unpaired) electrons. The van der Waals surface area contributed by atoms with E-state index in [1.807, 2.05) is 6.92 Å². The molecule has 7 nitrogen and oxygen atoms in total. The Labute approximate surface area is 118 Å². The quantitative estimate of drug-likeness (QED) is 0.357. The van der Waals surface area contributed by atoms with E-state index >= 15 is 0 Å². The maximum Gasteiger partial charge on any atom is 0.317 e. The molecule has 1 aromatic rings. The lowest BCUT2D eigenvalue weighted by atomic mass is 10.1. The van der Waals surface area contributed by atoms with Gasteiger partial charge in [0.15, 0.2) is 5.84 Å². The van der Waals surface area contributed by atoms with E-state index in [4.69, 9.17) is 15.7 Å². The fourth-order valence-electron chi connectivity index (χ4n) is 2.24. The lowest BCUT2D eigenvalue weighted by molar-refractivity contribution is 0.177. The third-order valence-electron chi connectivity index (χ3n) is 3.29. The predicted molar refractivity (Wildman–Crippen MR) is 75.1 cm³/mol. The van der Waals surface area contributed by atoms with Crippen molar-refractivity contribution >= 4 is 5.84 Å². The maximum absolute atomic E-state index is 8.67. The van der Waals surface area contributed by atoms with Crippen molar-refractivity contribution in [3.63, 3.8) is 0 Å². The Balaban J connectivity index is 1.90. The zero-order chi connectivity index (χ0) is 14.4. The van der Waals surface area contributed by atoms with E-state index in [0.29, 0.717) is 12.3 Å². The van der Waals surface area contributed by atoms with Crippen molar-refractivity contribution in [1.29, 1.82) is 0 Å². The number of likely N-dealkylation sites (tertiary alicyclic amines) is 1. The SMILES string of the molecule is Cc1cc(/C(N)=N/O)nc(OCCN2CCCCC2)n1. The van der Waals surface area contributed by atoms with Gasteiger partial charge < -0.3 is 15.7 Å². The topological polar surface area (TPSA) is 96.9 Å². The van der Waals surface area contributed by atoms with Gasteiger partial charge in [-0.05, 0) is 38.9 Å². The molecule has 7 heteroatoms. The second kappa shape index (κ2) is 7.04. The third-order valence-corrected chi connectivity index (χ3v) is 3.29. The van der Waals surface area contributed by atoms with Gasteiger partial charge in [-0.3, -0.25) is 4.90 Å². The highest BCUT2D eigenvalue weighted by Gasteiger charge is 2.11. The van der Waals surface area contributed by atoms with Crippen LogP contribution in [0.25, 0.3) is 0 Å². The summed E-state index contributed by atoms with van der Waals surface area (Å²) in [6.45, 7) is 5.49. The van der Waals surface area contributed by atoms with Crippen LogP contribution in [0.3, 0.4) is 0 Å². The minimum absolute atomic E-state index is 0.0450. The van der Waals surface area contributed by atoms with E-state index in [9.17, 15) is 0 Å². The zero-order valence-corrected chi connectivity index (χ0v) is 11.7. The number of oxime groups is 1. The molecule has 0 atom stereocenters. The van der Waals surface area contributed by atoms with Gasteiger partial charge in [0.25, 0.3) is 0 Å². The number of amidine groups is 1. The molecule has 0 saturated carbocycles. The summed E-state index contributed by atoms with van der Waals surface area (Å²) in [6.07, 6.45) is 3.84. The normalized spacial score (nSPS) is 17.1. The molecule has 1 aliphatic heterocycles. The van der Waals surface area contributed by atoms with Crippen LogP contribution in [-0.2, 0) is 0 Å². The maximum atomic E-state index is 8.67. The number of hydrogen-bond acceptors (Lipinski definition) is 6. The number of nitrogens with two attached hydrogens (primary N) is 1. The Morgan fingerprint density at radius 2 is 2.15 bits per heavy atom. The van der Waals surface area contributed by atoms with Crippen LogP contribution >= 0.6 is 0 Å². The van der Waals surface area contributed by atoms with Gasteiger partial charge in [-0.2, -0.15) is 4.98 Å². The Hall–Kier alpha value is -1.89. The zero-order valence-electron chi connectivity index (χ0n) is 11.7. The highest BCUT2D eigenvalue weighted by Crippen LogP contribution is 2.09. The first kappa shape index (κ1) is 14.5. The smallest absolute Gasteiger partial charge is 0.317 e. The first-order chi connectivity index (χ1) is 9.69. The largest absolute Gasteiger partial charge is 0.462 e. The summed E-state index contributed by atoms with van der Waals surface area (Å²) in [7, 11) is 0. The van der Waals surface area contributed by atoms with Gasteiger partial charge in [-0.25, -0.2) is 4.98 Å². The first-order valence-corrected chi connectivity index (χ1v) is 6.88. The highest BCUT2D eigenvalue weighted by atomic mass is 16.5. The van der Waals surface area contributed by atoms with E-state index in [1.165, 1.54) is 19.3 Å². The van der Waals surface area contributed by atoms with Crippen LogP contribution in [0.2, 0.25) is 0 Å². The van der Waals surface area contributed by atoms with Gasteiger partial charge in [0.1, 0.15) is 12.3 Å². The van der Waals surface area contributed by atoms with E-state index in [1.54, 1.807) is 6.07 Å². The Morgan fingerprint density at radius 3 is 2.85 bits per heavy atom. The number of piperidine rings is 1. The fraction of sp³-hybridized carbons (Fsp3) is 0.615. The molecular formula is C13H21N5O2. The lowest BCUT2D eigenvalue weighted by Gasteiger charge is -2.25. The standard InChI is InChI=1S/C13H21N5O2/c1-10-9-11(12(14)17-19)16-13(15-10)20-8-7-18-5-3-2-4-6-18/h9,19H,2-8H2,1H3,(H2,14,17). The molecular weight excluding hydrogens is 258 g/mol. The number of aryl methyl sites for hydroxylation is 1. The summed E-state index contributed by atoms with van der Waals surface area (Å²) in [5.41, 5.74) is 6.61. The van der Waals surface area contributed by atoms with E-state index in [2.05, 4.69) is 20.0 Å². The fourth-order valence-corrected chi connectivity index (χ4v) is 2.24. The molecule has 0 amide bonds. The molecule has 1 saturated heterocycles. The molecule has 1 fully saturated rings. The minimum atomic E-state index is -0.0450. The van der Waals surface area contributed by atoms with Crippen molar-refractivity contribution in [2.75, 3.05) is 26.2 Å². The van der Waals surface area contributed by atoms with Crippen LogP contribution in [0.15, 0.2) is 11.2 Å². The summed E-state index contributed by atoms with van der Waals surface area (Å²) >= 11 is 0. The number of aromatic nitrogens is 2. The molecule has 2 heterocycles. The van der Waals surface area contributed by atoms with Gasteiger partial charge in [0.2, 0.25) is 0 Å². The summed E-state index contributed by atoms with van der Waals surface area (Å²) in [4.78, 5) is 10.7. The van der Waals surface area contributed by atoms with Gasteiger partial charge in [-0.15, -0.1) is 0 Å². The Bertz CT molecular complexity index is 472. The van der Waals surface area contributed by atoms with Crippen molar-refractivity contribution in [1.82, 2.24) is 14.9 Å². The molecule has 20 heavy (non-hydrogen) atoms. The van der Waals surface area contributed by atoms with Gasteiger partial charge >= 0.3 is 6.01 Å². The van der Waals surface area contributed by atoms with Gasteiger partial charge in [0.05, 0.1) is 0 Å². The van der Waals surface area contributed by atoms with Gasteiger partial charge in [-0.1, -0.05) is 11.6 Å². The number of rotatable bonds is 5. The van der Waals surface area contributed by atoms with Gasteiger partial charge in [0, 0.05) is 12.2 Å². The number of nitrogens with zero attached hydrogens (tertiary/aromatic N) is 4. The second-order valence-corrected chi connectivity index (χ2v) is 4.91. The molecule has 0 spiro atoms. The monoisotopic (exact) mass is 279 g/mol. The van der Waals surface area contributed by atoms with Crippen molar-refractivity contribution in [2.24, 2.45) is 10.9 Å². The second-order valence-electron chi connectivity index (χ2n) is 4.91. The molecule has 0 aromatic carbocycles. The van der Waals surface area contributed by atoms with E-state index < -0.39 is 0 Å². The predicted octanol–water partition coefficient (Wildman–Crippen LogP) is 0.744. The molecule has 2 rings (SSSR count). The number of hydrogen-bond donors (Lipinski definition) is 2. The van der Waals surface area contributed by atoms with Crippen LogP contribution in [0.4, 0.5) is 0 Å². The molecule has 0 unspecified atom stereocenters. The summed E-state index contributed by atoms with van der Waals surface area (Å²) in [6, 6.07) is 1.91. The minimum Gasteiger partial charge on any atom is -0.462 e. The van der Waals surface area contributed by atoms with Crippen molar-refractivity contribution in [3.8, 4) is 6.01 Å². The third kappa shape index (κ3) is 4.06. The van der Waals surface area contributed by atoms with E-state index in [-0.39, 0.29) is 11.8 Å². The number of ether oxygens (including phenoxy) is 1. The molecule has 1 aromatic heterocycles. The Morgan fingerprint density at radius 1 is 1.40 bits per heavy atom. The Kier molecular flexibility index (Phi) is 5.11. The average molecular weight is 279 g/mol. The molecule has 0 bridgehead atoms. The molecule has 1 aliphatic rings. The van der Waals surface area contributed by atoms with Crippen molar-refractivity contribution < 1.29 is 9.94 Å². The van der Waals surface area contributed by atoms with Crippen LogP contribution in [0.1, 0.15) is 30.7 Å². The van der Waals surface area contributed by atoms with Crippen LogP contribution in [-0.4, -0.2) is 52.2 Å². The van der Waals surface area contributed by atoms with Crippen LogP contribution in [0, 0.1) is 6.92 Å². The summed E-state index contributed by atoms with van der Waals surface area (Å²) in [5.74, 6) is -0.0450. The summed E-state index contributed by atoms with van der Waals surface area (Å²) in [5, 5.41) is 11.6. The van der Waals surface area contributed by atoms with Crippen molar-refractivity contribution in [2.45, 2.75) is 26.2 Å². The van der Waals surface area contributed by atoms with Crippen LogP contribution < -0.4 is 10.5 Å². The summed E-state index contributed by atoms with van der Waals surface area (Å²) < 4.78 is 5.57. The van der Waals surface area contributed by atoms with Crippen LogP contribution in [0.5, 0.6) is 6.01 Å². The molecule has 110 valence electrons. The average Bonchev–Trinajstić information content (AvgIpc) is 2.47. The van der Waals surface area contributed by atoms with Crippen molar-refractivity contribution in [3.05, 3.63) is 17.5 Å². The molecule has 3 N–H and O–H groups in total.